The highest BCUT2D eigenvalue weighted by molar-refractivity contribution is 7.89. The summed E-state index contributed by atoms with van der Waals surface area (Å²) in [6, 6.07) is 6.99. The van der Waals surface area contributed by atoms with E-state index in [0.717, 1.165) is 42.1 Å². The van der Waals surface area contributed by atoms with Gasteiger partial charge in [0.25, 0.3) is 5.91 Å². The molecule has 2 aromatic rings. The lowest BCUT2D eigenvalue weighted by Crippen LogP contribution is -2.33. The Hall–Kier alpha value is -1.90. The summed E-state index contributed by atoms with van der Waals surface area (Å²) in [6.07, 6.45) is 3.34. The van der Waals surface area contributed by atoms with Crippen LogP contribution in [-0.4, -0.2) is 57.8 Å². The van der Waals surface area contributed by atoms with Crippen LogP contribution in [0, 0.1) is 6.92 Å². The molecule has 0 unspecified atom stereocenters. The predicted octanol–water partition coefficient (Wildman–Crippen LogP) is 3.57. The van der Waals surface area contributed by atoms with Gasteiger partial charge in [-0.05, 0) is 61.4 Å². The Morgan fingerprint density at radius 3 is 2.38 bits per heavy atom. The van der Waals surface area contributed by atoms with Crippen LogP contribution in [-0.2, 0) is 16.6 Å². The number of sulfonamides is 1. The fraction of sp³-hybridized carbons (Fsp3) is 0.476. The molecule has 0 saturated carbocycles. The van der Waals surface area contributed by atoms with Crippen molar-refractivity contribution in [1.29, 1.82) is 0 Å². The molecule has 1 aliphatic heterocycles. The van der Waals surface area contributed by atoms with Crippen molar-refractivity contribution in [3.63, 3.8) is 0 Å². The smallest absolute Gasteiger partial charge is 0.256 e. The van der Waals surface area contributed by atoms with Crippen LogP contribution in [0.2, 0.25) is 0 Å². The number of rotatable bonds is 6. The van der Waals surface area contributed by atoms with Gasteiger partial charge in [-0.3, -0.25) is 4.79 Å². The molecule has 0 N–H and O–H groups in total. The third kappa shape index (κ3) is 4.65. The van der Waals surface area contributed by atoms with Gasteiger partial charge < -0.3 is 9.80 Å². The summed E-state index contributed by atoms with van der Waals surface area (Å²) in [7, 11) is 1.16. The highest BCUT2D eigenvalue weighted by Gasteiger charge is 2.26. The number of piperidine rings is 1. The maximum absolute atomic E-state index is 13.4. The number of thiophene rings is 1. The minimum atomic E-state index is -3.62. The van der Waals surface area contributed by atoms with Gasteiger partial charge in [-0.2, -0.15) is 0 Å². The first kappa shape index (κ1) is 21.8. The predicted molar refractivity (Wildman–Crippen MR) is 118 cm³/mol. The summed E-state index contributed by atoms with van der Waals surface area (Å²) < 4.78 is 26.5. The molecule has 0 bridgehead atoms. The van der Waals surface area contributed by atoms with E-state index in [0.29, 0.717) is 12.1 Å². The molecule has 1 fully saturated rings. The van der Waals surface area contributed by atoms with E-state index in [1.165, 1.54) is 24.8 Å². The molecule has 1 aliphatic rings. The van der Waals surface area contributed by atoms with E-state index in [-0.39, 0.29) is 10.8 Å². The molecule has 6 nitrogen and oxygen atoms in total. The lowest BCUT2D eigenvalue weighted by atomic mass is 10.1. The molecule has 3 rings (SSSR count). The van der Waals surface area contributed by atoms with Crippen LogP contribution in [0.4, 0.5) is 5.69 Å². The lowest BCUT2D eigenvalue weighted by molar-refractivity contribution is 0.0786. The molecule has 158 valence electrons. The zero-order chi connectivity index (χ0) is 21.2. The van der Waals surface area contributed by atoms with Crippen molar-refractivity contribution in [2.45, 2.75) is 37.6 Å². The largest absolute Gasteiger partial charge is 0.371 e. The molecule has 1 saturated heterocycles. The monoisotopic (exact) mass is 435 g/mol. The van der Waals surface area contributed by atoms with E-state index in [4.69, 9.17) is 0 Å². The van der Waals surface area contributed by atoms with Gasteiger partial charge in [0.1, 0.15) is 0 Å². The number of carbonyl (C=O) groups excluding carboxylic acids is 1. The highest BCUT2D eigenvalue weighted by Crippen LogP contribution is 2.29. The van der Waals surface area contributed by atoms with Crippen LogP contribution in [0.15, 0.2) is 34.5 Å². The van der Waals surface area contributed by atoms with Crippen molar-refractivity contribution in [2.75, 3.05) is 39.1 Å². The first-order valence-corrected chi connectivity index (χ1v) is 12.1. The minimum absolute atomic E-state index is 0.146. The maximum Gasteiger partial charge on any atom is 0.256 e. The fourth-order valence-electron chi connectivity index (χ4n) is 3.53. The van der Waals surface area contributed by atoms with Gasteiger partial charge in [-0.15, -0.1) is 11.3 Å². The topological polar surface area (TPSA) is 60.9 Å². The van der Waals surface area contributed by atoms with Crippen molar-refractivity contribution in [3.05, 3.63) is 45.6 Å². The van der Waals surface area contributed by atoms with E-state index in [2.05, 4.69) is 4.90 Å². The molecule has 1 aromatic carbocycles. The average molecular weight is 436 g/mol. The number of carbonyl (C=O) groups is 1. The van der Waals surface area contributed by atoms with Crippen molar-refractivity contribution < 1.29 is 13.2 Å². The number of nitrogens with zero attached hydrogens (tertiary/aromatic N) is 3. The Bertz CT molecular complexity index is 977. The quantitative estimate of drug-likeness (QED) is 0.696. The molecule has 8 heteroatoms. The molecule has 1 amide bonds. The molecule has 29 heavy (non-hydrogen) atoms. The van der Waals surface area contributed by atoms with Gasteiger partial charge in [0.05, 0.1) is 17.0 Å². The Morgan fingerprint density at radius 1 is 1.10 bits per heavy atom. The van der Waals surface area contributed by atoms with Gasteiger partial charge in [0.15, 0.2) is 0 Å². The zero-order valence-electron chi connectivity index (χ0n) is 17.5. The van der Waals surface area contributed by atoms with Crippen LogP contribution >= 0.6 is 11.3 Å². The number of hydrogen-bond acceptors (Lipinski definition) is 5. The summed E-state index contributed by atoms with van der Waals surface area (Å²) in [4.78, 5) is 18.5. The van der Waals surface area contributed by atoms with Crippen LogP contribution in [0.1, 0.15) is 40.1 Å². The van der Waals surface area contributed by atoms with Gasteiger partial charge in [0, 0.05) is 44.8 Å². The van der Waals surface area contributed by atoms with Gasteiger partial charge in [0.2, 0.25) is 10.0 Å². The number of hydrogen-bond donors (Lipinski definition) is 0. The summed E-state index contributed by atoms with van der Waals surface area (Å²) in [5, 5.41) is 2.02. The van der Waals surface area contributed by atoms with Crippen LogP contribution in [0.5, 0.6) is 0 Å². The summed E-state index contributed by atoms with van der Waals surface area (Å²) in [5.41, 5.74) is 2.43. The SMILES string of the molecule is Cc1ccsc1CN(C)C(=O)c1cc(S(=O)(=O)N(C)C)ccc1N1CCCCC1. The van der Waals surface area contributed by atoms with Crippen molar-refractivity contribution in [1.82, 2.24) is 9.21 Å². The third-order valence-electron chi connectivity index (χ3n) is 5.37. The van der Waals surface area contributed by atoms with Crippen molar-refractivity contribution in [3.8, 4) is 0 Å². The normalized spacial score (nSPS) is 15.0. The fourth-order valence-corrected chi connectivity index (χ4v) is 5.41. The summed E-state index contributed by atoms with van der Waals surface area (Å²) in [5.74, 6) is -0.158. The molecule has 0 radical (unpaired) electrons. The molecule has 2 heterocycles. The summed E-state index contributed by atoms with van der Waals surface area (Å²) >= 11 is 1.63. The maximum atomic E-state index is 13.4. The lowest BCUT2D eigenvalue weighted by Gasteiger charge is -2.31. The van der Waals surface area contributed by atoms with Gasteiger partial charge in [-0.25, -0.2) is 12.7 Å². The molecule has 0 atom stereocenters. The zero-order valence-corrected chi connectivity index (χ0v) is 19.1. The Labute approximate surface area is 177 Å². The van der Waals surface area contributed by atoms with Crippen molar-refractivity contribution >= 4 is 33.0 Å². The van der Waals surface area contributed by atoms with E-state index in [9.17, 15) is 13.2 Å². The third-order valence-corrected chi connectivity index (χ3v) is 8.19. The van der Waals surface area contributed by atoms with E-state index >= 15 is 0 Å². The molecular formula is C21H29N3O3S2. The first-order chi connectivity index (χ1) is 13.7. The first-order valence-electron chi connectivity index (χ1n) is 9.82. The van der Waals surface area contributed by atoms with Crippen molar-refractivity contribution in [2.24, 2.45) is 0 Å². The van der Waals surface area contributed by atoms with E-state index in [1.807, 2.05) is 18.4 Å². The molecule has 1 aromatic heterocycles. The van der Waals surface area contributed by atoms with Gasteiger partial charge in [-0.1, -0.05) is 0 Å². The molecule has 0 aliphatic carbocycles. The van der Waals surface area contributed by atoms with E-state index < -0.39 is 10.0 Å². The minimum Gasteiger partial charge on any atom is -0.371 e. The average Bonchev–Trinajstić information content (AvgIpc) is 3.11. The Kier molecular flexibility index (Phi) is 6.65. The molecule has 0 spiro atoms. The van der Waals surface area contributed by atoms with Crippen LogP contribution < -0.4 is 4.90 Å². The highest BCUT2D eigenvalue weighted by atomic mass is 32.2. The number of aryl methyl sites for hydroxylation is 1. The Morgan fingerprint density at radius 2 is 1.79 bits per heavy atom. The van der Waals surface area contributed by atoms with Crippen LogP contribution in [0.25, 0.3) is 0 Å². The van der Waals surface area contributed by atoms with Gasteiger partial charge >= 0.3 is 0 Å². The van der Waals surface area contributed by atoms with E-state index in [1.54, 1.807) is 41.5 Å². The second kappa shape index (κ2) is 8.85. The second-order valence-corrected chi connectivity index (χ2v) is 10.9. The Balaban J connectivity index is 2.00. The summed E-state index contributed by atoms with van der Waals surface area (Å²) in [6.45, 7) is 4.31. The number of amides is 1. The van der Waals surface area contributed by atoms with Crippen LogP contribution in [0.3, 0.4) is 0 Å². The standard InChI is InChI=1S/C21H29N3O3S2/c1-16-10-13-28-20(16)15-23(4)21(25)18-14-17(29(26,27)22(2)3)8-9-19(18)24-11-6-5-7-12-24/h8-10,13-14H,5-7,11-12,15H2,1-4H3. The number of anilines is 1. The molecular weight excluding hydrogens is 406 g/mol. The second-order valence-electron chi connectivity index (χ2n) is 7.70. The number of benzene rings is 1.